The molecule has 118 valence electrons. The highest BCUT2D eigenvalue weighted by Crippen LogP contribution is 2.08. The Balaban J connectivity index is 1.98. The number of furan rings is 1. The summed E-state index contributed by atoms with van der Waals surface area (Å²) in [7, 11) is 3.95. The quantitative estimate of drug-likeness (QED) is 0.631. The second-order valence-electron chi connectivity index (χ2n) is 5.01. The van der Waals surface area contributed by atoms with Crippen LogP contribution in [0.5, 0.6) is 0 Å². The molecule has 0 spiro atoms. The molecular formula is C16H23N5O. The third kappa shape index (κ3) is 4.80. The van der Waals surface area contributed by atoms with E-state index in [1.807, 2.05) is 56.3 Å². The molecule has 0 aliphatic heterocycles. The molecule has 2 aromatic heterocycles. The second-order valence-corrected chi connectivity index (χ2v) is 5.01. The molecule has 2 heterocycles. The highest BCUT2D eigenvalue weighted by atomic mass is 16.3. The van der Waals surface area contributed by atoms with Gasteiger partial charge in [0.2, 0.25) is 0 Å². The predicted molar refractivity (Wildman–Crippen MR) is 88.9 cm³/mol. The summed E-state index contributed by atoms with van der Waals surface area (Å²) in [4.78, 5) is 11.1. The van der Waals surface area contributed by atoms with E-state index in [1.54, 1.807) is 6.26 Å². The Morgan fingerprint density at radius 1 is 1.23 bits per heavy atom. The summed E-state index contributed by atoms with van der Waals surface area (Å²) in [6.45, 7) is 3.96. The van der Waals surface area contributed by atoms with Gasteiger partial charge in [0.05, 0.1) is 25.0 Å². The molecule has 6 nitrogen and oxygen atoms in total. The molecule has 0 atom stereocenters. The van der Waals surface area contributed by atoms with Gasteiger partial charge in [-0.3, -0.25) is 0 Å². The molecule has 2 aromatic rings. The van der Waals surface area contributed by atoms with Gasteiger partial charge in [-0.15, -0.1) is 0 Å². The Bertz CT molecular complexity index is 592. The van der Waals surface area contributed by atoms with Gasteiger partial charge in [0.25, 0.3) is 0 Å². The van der Waals surface area contributed by atoms with Crippen LogP contribution in [0, 0.1) is 0 Å². The van der Waals surface area contributed by atoms with E-state index >= 15 is 0 Å². The minimum atomic E-state index is 0.523. The number of nitrogens with zero attached hydrogens (tertiary/aromatic N) is 3. The van der Waals surface area contributed by atoms with Gasteiger partial charge in [-0.25, -0.2) is 9.98 Å². The average molecular weight is 301 g/mol. The first-order chi connectivity index (χ1) is 10.7. The molecular weight excluding hydrogens is 278 g/mol. The number of aromatic nitrogens is 1. The fourth-order valence-corrected chi connectivity index (χ4v) is 1.89. The van der Waals surface area contributed by atoms with Crippen LogP contribution in [-0.2, 0) is 13.1 Å². The molecule has 2 N–H and O–H groups in total. The molecule has 2 rings (SSSR count). The van der Waals surface area contributed by atoms with Crippen LogP contribution in [0.15, 0.2) is 46.0 Å². The van der Waals surface area contributed by atoms with Gasteiger partial charge >= 0.3 is 0 Å². The van der Waals surface area contributed by atoms with Crippen molar-refractivity contribution in [2.45, 2.75) is 20.0 Å². The molecule has 0 radical (unpaired) electrons. The lowest BCUT2D eigenvalue weighted by Gasteiger charge is -2.12. The Labute approximate surface area is 131 Å². The summed E-state index contributed by atoms with van der Waals surface area (Å²) in [6, 6.07) is 9.76. The molecule has 22 heavy (non-hydrogen) atoms. The van der Waals surface area contributed by atoms with E-state index in [0.717, 1.165) is 29.8 Å². The molecule has 0 fully saturated rings. The smallest absolute Gasteiger partial charge is 0.192 e. The van der Waals surface area contributed by atoms with E-state index in [2.05, 4.69) is 20.6 Å². The monoisotopic (exact) mass is 301 g/mol. The number of hydrogen-bond acceptors (Lipinski definition) is 4. The van der Waals surface area contributed by atoms with E-state index < -0.39 is 0 Å². The third-order valence-electron chi connectivity index (χ3n) is 3.00. The van der Waals surface area contributed by atoms with Crippen LogP contribution in [0.3, 0.4) is 0 Å². The van der Waals surface area contributed by atoms with Gasteiger partial charge < -0.3 is 20.0 Å². The average Bonchev–Trinajstić information content (AvgIpc) is 3.03. The number of nitrogens with one attached hydrogen (secondary N) is 2. The van der Waals surface area contributed by atoms with Gasteiger partial charge in [0, 0.05) is 20.6 Å². The number of guanidine groups is 1. The van der Waals surface area contributed by atoms with Gasteiger partial charge in [0.1, 0.15) is 11.6 Å². The fourth-order valence-electron chi connectivity index (χ4n) is 1.89. The van der Waals surface area contributed by atoms with Crippen LogP contribution in [0.2, 0.25) is 0 Å². The highest BCUT2D eigenvalue weighted by Gasteiger charge is 2.02. The molecule has 0 bridgehead atoms. The van der Waals surface area contributed by atoms with Crippen molar-refractivity contribution in [3.8, 4) is 0 Å². The summed E-state index contributed by atoms with van der Waals surface area (Å²) >= 11 is 0. The summed E-state index contributed by atoms with van der Waals surface area (Å²) in [6.07, 6.45) is 1.66. The van der Waals surface area contributed by atoms with Crippen molar-refractivity contribution in [3.05, 3.63) is 48.0 Å². The fraction of sp³-hybridized carbons (Fsp3) is 0.375. The minimum Gasteiger partial charge on any atom is -0.467 e. The molecule has 0 amide bonds. The minimum absolute atomic E-state index is 0.523. The maximum Gasteiger partial charge on any atom is 0.192 e. The first-order valence-corrected chi connectivity index (χ1v) is 7.37. The van der Waals surface area contributed by atoms with Gasteiger partial charge in [-0.2, -0.15) is 0 Å². The van der Waals surface area contributed by atoms with Crippen molar-refractivity contribution >= 4 is 11.8 Å². The van der Waals surface area contributed by atoms with Crippen LogP contribution >= 0.6 is 0 Å². The van der Waals surface area contributed by atoms with Crippen molar-refractivity contribution < 1.29 is 4.42 Å². The van der Waals surface area contributed by atoms with Gasteiger partial charge in [-0.1, -0.05) is 6.07 Å². The second kappa shape index (κ2) is 8.07. The molecule has 0 aliphatic rings. The highest BCUT2D eigenvalue weighted by molar-refractivity contribution is 5.79. The Morgan fingerprint density at radius 3 is 2.77 bits per heavy atom. The van der Waals surface area contributed by atoms with Crippen LogP contribution in [0.25, 0.3) is 0 Å². The Kier molecular flexibility index (Phi) is 5.82. The SMILES string of the molecule is CCNC(=NCc1cccc(N(C)C)n1)NCc1ccco1. The molecule has 0 aromatic carbocycles. The Morgan fingerprint density at radius 2 is 2.09 bits per heavy atom. The van der Waals surface area contributed by atoms with Gasteiger partial charge in [0.15, 0.2) is 5.96 Å². The zero-order valence-electron chi connectivity index (χ0n) is 13.3. The summed E-state index contributed by atoms with van der Waals surface area (Å²) in [5.74, 6) is 2.55. The van der Waals surface area contributed by atoms with Crippen molar-refractivity contribution in [2.24, 2.45) is 4.99 Å². The maximum atomic E-state index is 5.30. The van der Waals surface area contributed by atoms with Gasteiger partial charge in [-0.05, 0) is 31.2 Å². The first-order valence-electron chi connectivity index (χ1n) is 7.37. The first kappa shape index (κ1) is 15.9. The molecule has 0 saturated carbocycles. The van der Waals surface area contributed by atoms with Crippen LogP contribution in [0.1, 0.15) is 18.4 Å². The van der Waals surface area contributed by atoms with E-state index in [1.165, 1.54) is 0 Å². The van der Waals surface area contributed by atoms with Crippen LogP contribution < -0.4 is 15.5 Å². The standard InChI is InChI=1S/C16H23N5O/c1-4-17-16(19-12-14-8-6-10-22-14)18-11-13-7-5-9-15(20-13)21(2)3/h5-10H,4,11-12H2,1-3H3,(H2,17,18,19). The lowest BCUT2D eigenvalue weighted by molar-refractivity contribution is 0.501. The molecule has 0 saturated heterocycles. The summed E-state index contributed by atoms with van der Waals surface area (Å²) in [5, 5.41) is 6.45. The maximum absolute atomic E-state index is 5.30. The van der Waals surface area contributed by atoms with E-state index in [9.17, 15) is 0 Å². The van der Waals surface area contributed by atoms with E-state index in [-0.39, 0.29) is 0 Å². The predicted octanol–water partition coefficient (Wildman–Crippen LogP) is 2.00. The third-order valence-corrected chi connectivity index (χ3v) is 3.00. The lowest BCUT2D eigenvalue weighted by atomic mass is 10.3. The summed E-state index contributed by atoms with van der Waals surface area (Å²) in [5.41, 5.74) is 0.932. The summed E-state index contributed by atoms with van der Waals surface area (Å²) < 4.78 is 5.30. The largest absolute Gasteiger partial charge is 0.467 e. The topological polar surface area (TPSA) is 65.7 Å². The number of hydrogen-bond donors (Lipinski definition) is 2. The van der Waals surface area contributed by atoms with E-state index in [0.29, 0.717) is 13.1 Å². The van der Waals surface area contributed by atoms with Crippen molar-refractivity contribution in [2.75, 3.05) is 25.5 Å². The number of pyridine rings is 1. The molecule has 0 aliphatic carbocycles. The molecule has 6 heteroatoms. The van der Waals surface area contributed by atoms with Crippen LogP contribution in [-0.4, -0.2) is 31.6 Å². The van der Waals surface area contributed by atoms with Crippen molar-refractivity contribution in [3.63, 3.8) is 0 Å². The van der Waals surface area contributed by atoms with Crippen molar-refractivity contribution in [1.29, 1.82) is 0 Å². The number of rotatable bonds is 6. The lowest BCUT2D eigenvalue weighted by Crippen LogP contribution is -2.36. The number of anilines is 1. The number of aliphatic imine (C=N–C) groups is 1. The normalized spacial score (nSPS) is 11.3. The zero-order chi connectivity index (χ0) is 15.8. The van der Waals surface area contributed by atoms with Crippen molar-refractivity contribution in [1.82, 2.24) is 15.6 Å². The van der Waals surface area contributed by atoms with Crippen LogP contribution in [0.4, 0.5) is 5.82 Å². The zero-order valence-corrected chi connectivity index (χ0v) is 13.3. The van der Waals surface area contributed by atoms with E-state index in [4.69, 9.17) is 4.42 Å². The Hall–Kier alpha value is -2.50. The molecule has 0 unspecified atom stereocenters.